The summed E-state index contributed by atoms with van der Waals surface area (Å²) in [4.78, 5) is 36.7. The van der Waals surface area contributed by atoms with Gasteiger partial charge in [0.05, 0.1) is 6.61 Å². The molecule has 22 heavy (non-hydrogen) atoms. The molecular formula is C15H17NO5S. The Kier molecular flexibility index (Phi) is 5.43. The quantitative estimate of drug-likeness (QED) is 0.628. The lowest BCUT2D eigenvalue weighted by Gasteiger charge is -2.26. The molecule has 0 aromatic heterocycles. The minimum Gasteiger partial charge on any atom is -0.434 e. The summed E-state index contributed by atoms with van der Waals surface area (Å²) >= 11 is 1.46. The number of esters is 1. The van der Waals surface area contributed by atoms with E-state index in [1.165, 1.54) is 23.6 Å². The van der Waals surface area contributed by atoms with Crippen LogP contribution >= 0.6 is 11.8 Å². The highest BCUT2D eigenvalue weighted by molar-refractivity contribution is 7.99. The number of thioether (sulfide) groups is 1. The molecule has 0 bridgehead atoms. The summed E-state index contributed by atoms with van der Waals surface area (Å²) in [6.07, 6.45) is -1.04. The molecule has 6 nitrogen and oxygen atoms in total. The number of carbonyl (C=O) groups excluding carboxylic acids is 3. The Labute approximate surface area is 132 Å². The molecule has 118 valence electrons. The van der Waals surface area contributed by atoms with Crippen molar-refractivity contribution < 1.29 is 23.9 Å². The van der Waals surface area contributed by atoms with Gasteiger partial charge in [-0.15, -0.1) is 11.8 Å². The average molecular weight is 323 g/mol. The second-order valence-corrected chi connectivity index (χ2v) is 5.76. The van der Waals surface area contributed by atoms with Crippen LogP contribution in [0.3, 0.4) is 0 Å². The predicted molar refractivity (Wildman–Crippen MR) is 81.1 cm³/mol. The molecule has 1 aliphatic heterocycles. The van der Waals surface area contributed by atoms with E-state index in [0.29, 0.717) is 5.75 Å². The number of ether oxygens (including phenoxy) is 2. The number of nitrogens with zero attached hydrogens (tertiary/aromatic N) is 1. The van der Waals surface area contributed by atoms with Gasteiger partial charge >= 0.3 is 12.1 Å². The second-order valence-electron chi connectivity index (χ2n) is 4.64. The van der Waals surface area contributed by atoms with Gasteiger partial charge in [-0.2, -0.15) is 0 Å². The first-order valence-electron chi connectivity index (χ1n) is 6.88. The molecule has 0 aliphatic carbocycles. The minimum absolute atomic E-state index is 0.120. The summed E-state index contributed by atoms with van der Waals surface area (Å²) in [6, 6.07) is 8.63. The normalized spacial score (nSPS) is 20.5. The van der Waals surface area contributed by atoms with Gasteiger partial charge in [-0.1, -0.05) is 30.3 Å². The maximum Gasteiger partial charge on any atom is 0.516 e. The van der Waals surface area contributed by atoms with Crippen molar-refractivity contribution in [3.05, 3.63) is 35.9 Å². The third-order valence-corrected chi connectivity index (χ3v) is 4.49. The average Bonchev–Trinajstić information content (AvgIpc) is 2.93. The van der Waals surface area contributed by atoms with Crippen molar-refractivity contribution in [2.75, 3.05) is 12.4 Å². The van der Waals surface area contributed by atoms with E-state index in [-0.39, 0.29) is 17.9 Å². The topological polar surface area (TPSA) is 72.9 Å². The van der Waals surface area contributed by atoms with Crippen molar-refractivity contribution in [3.63, 3.8) is 0 Å². The van der Waals surface area contributed by atoms with Gasteiger partial charge in [0.15, 0.2) is 0 Å². The van der Waals surface area contributed by atoms with Gasteiger partial charge in [-0.25, -0.2) is 9.59 Å². The highest BCUT2D eigenvalue weighted by Crippen LogP contribution is 2.41. The molecular weight excluding hydrogens is 306 g/mol. The molecule has 0 saturated carbocycles. The lowest BCUT2D eigenvalue weighted by Crippen LogP contribution is -2.43. The van der Waals surface area contributed by atoms with Crippen molar-refractivity contribution in [2.24, 2.45) is 0 Å². The van der Waals surface area contributed by atoms with Gasteiger partial charge < -0.3 is 14.4 Å². The molecule has 0 radical (unpaired) electrons. The van der Waals surface area contributed by atoms with E-state index in [0.717, 1.165) is 5.56 Å². The number of carbonyl (C=O) groups is 3. The van der Waals surface area contributed by atoms with Crippen LogP contribution in [0.25, 0.3) is 0 Å². The molecule has 0 spiro atoms. The molecule has 1 aromatic rings. The lowest BCUT2D eigenvalue weighted by atomic mass is 10.2. The largest absolute Gasteiger partial charge is 0.516 e. The van der Waals surface area contributed by atoms with Crippen molar-refractivity contribution in [1.29, 1.82) is 0 Å². The monoisotopic (exact) mass is 323 g/mol. The summed E-state index contributed by atoms with van der Waals surface area (Å²) in [5, 5.41) is -0.265. The molecule has 1 saturated heterocycles. The molecule has 0 unspecified atom stereocenters. The Morgan fingerprint density at radius 1 is 1.27 bits per heavy atom. The van der Waals surface area contributed by atoms with Gasteiger partial charge in [0.1, 0.15) is 11.4 Å². The number of benzene rings is 1. The molecule has 0 N–H and O–H groups in total. The van der Waals surface area contributed by atoms with Crippen LogP contribution in [-0.4, -0.2) is 41.3 Å². The molecule has 1 aliphatic rings. The highest BCUT2D eigenvalue weighted by Gasteiger charge is 2.42. The Balaban J connectivity index is 2.14. The van der Waals surface area contributed by atoms with Gasteiger partial charge in [0, 0.05) is 12.7 Å². The zero-order valence-electron chi connectivity index (χ0n) is 12.4. The Hall–Kier alpha value is -2.02. The standard InChI is InChI=1S/C15H17NO5S/c1-3-20-15(19)21-14(18)12-9-22-13(16(12)10(2)17)11-7-5-4-6-8-11/h4-8,12-13H,3,9H2,1-2H3/t12-,13+/m0/s1. The van der Waals surface area contributed by atoms with Gasteiger partial charge in [-0.3, -0.25) is 4.79 Å². The van der Waals surface area contributed by atoms with E-state index in [4.69, 9.17) is 0 Å². The highest BCUT2D eigenvalue weighted by atomic mass is 32.2. The molecule has 2 rings (SSSR count). The van der Waals surface area contributed by atoms with Crippen molar-refractivity contribution in [1.82, 2.24) is 4.90 Å². The van der Waals surface area contributed by atoms with Gasteiger partial charge in [0.2, 0.25) is 5.91 Å². The van der Waals surface area contributed by atoms with E-state index < -0.39 is 18.2 Å². The van der Waals surface area contributed by atoms with Crippen LogP contribution in [0.2, 0.25) is 0 Å². The summed E-state index contributed by atoms with van der Waals surface area (Å²) in [7, 11) is 0. The first-order chi connectivity index (χ1) is 10.5. The summed E-state index contributed by atoms with van der Waals surface area (Å²) in [6.45, 7) is 3.13. The van der Waals surface area contributed by atoms with Crippen molar-refractivity contribution in [2.45, 2.75) is 25.3 Å². The van der Waals surface area contributed by atoms with Crippen LogP contribution in [0.4, 0.5) is 4.79 Å². The molecule has 1 aromatic carbocycles. The predicted octanol–water partition coefficient (Wildman–Crippen LogP) is 2.35. The number of hydrogen-bond acceptors (Lipinski definition) is 6. The number of amides is 1. The molecule has 1 amide bonds. The fourth-order valence-corrected chi connectivity index (χ4v) is 3.71. The lowest BCUT2D eigenvalue weighted by molar-refractivity contribution is -0.150. The summed E-state index contributed by atoms with van der Waals surface area (Å²) in [5.41, 5.74) is 0.925. The maximum absolute atomic E-state index is 12.1. The third kappa shape index (κ3) is 3.59. The van der Waals surface area contributed by atoms with Crippen molar-refractivity contribution >= 4 is 29.8 Å². The van der Waals surface area contributed by atoms with Crippen LogP contribution in [0.15, 0.2) is 30.3 Å². The van der Waals surface area contributed by atoms with Crippen molar-refractivity contribution in [3.8, 4) is 0 Å². The maximum atomic E-state index is 12.1. The summed E-state index contributed by atoms with van der Waals surface area (Å²) in [5.74, 6) is -0.638. The molecule has 7 heteroatoms. The van der Waals surface area contributed by atoms with E-state index in [2.05, 4.69) is 9.47 Å². The Morgan fingerprint density at radius 3 is 2.55 bits per heavy atom. The molecule has 2 atom stereocenters. The molecule has 1 heterocycles. The van der Waals surface area contributed by atoms with E-state index in [9.17, 15) is 14.4 Å². The van der Waals surface area contributed by atoms with Crippen LogP contribution in [0.1, 0.15) is 24.8 Å². The molecule has 1 fully saturated rings. The van der Waals surface area contributed by atoms with E-state index in [1.54, 1.807) is 6.92 Å². The summed E-state index contributed by atoms with van der Waals surface area (Å²) < 4.78 is 9.22. The zero-order chi connectivity index (χ0) is 16.1. The van der Waals surface area contributed by atoms with Crippen LogP contribution in [0.5, 0.6) is 0 Å². The number of rotatable bonds is 3. The fraction of sp³-hybridized carbons (Fsp3) is 0.400. The zero-order valence-corrected chi connectivity index (χ0v) is 13.2. The minimum atomic E-state index is -1.04. The van der Waals surface area contributed by atoms with E-state index in [1.807, 2.05) is 30.3 Å². The first kappa shape index (κ1) is 16.4. The first-order valence-corrected chi connectivity index (χ1v) is 7.93. The van der Waals surface area contributed by atoms with Crippen LogP contribution in [0, 0.1) is 0 Å². The van der Waals surface area contributed by atoms with Crippen LogP contribution in [-0.2, 0) is 19.1 Å². The third-order valence-electron chi connectivity index (χ3n) is 3.17. The van der Waals surface area contributed by atoms with E-state index >= 15 is 0 Å². The second kappa shape index (κ2) is 7.31. The smallest absolute Gasteiger partial charge is 0.434 e. The SMILES string of the molecule is CCOC(=O)OC(=O)[C@@H]1CS[C@H](c2ccccc2)N1C(C)=O. The van der Waals surface area contributed by atoms with Crippen LogP contribution < -0.4 is 0 Å². The number of hydrogen-bond donors (Lipinski definition) is 0. The Morgan fingerprint density at radius 2 is 1.95 bits per heavy atom. The Bertz CT molecular complexity index is 562. The van der Waals surface area contributed by atoms with Gasteiger partial charge in [0.25, 0.3) is 0 Å². The van der Waals surface area contributed by atoms with Gasteiger partial charge in [-0.05, 0) is 12.5 Å². The fourth-order valence-electron chi connectivity index (χ4n) is 2.24.